The lowest BCUT2D eigenvalue weighted by Gasteiger charge is -2.46. The molecule has 0 aromatic heterocycles. The van der Waals surface area contributed by atoms with Crippen molar-refractivity contribution in [2.45, 2.75) is 69.1 Å². The lowest BCUT2D eigenvalue weighted by Crippen LogP contribution is -2.72. The summed E-state index contributed by atoms with van der Waals surface area (Å²) in [5.41, 5.74) is 6.87. The van der Waals surface area contributed by atoms with Gasteiger partial charge in [-0.2, -0.15) is 0 Å². The molecule has 4 rings (SSSR count). The fraction of sp³-hybridized carbons (Fsp3) is 0.448. The van der Waals surface area contributed by atoms with Crippen LogP contribution >= 0.6 is 0 Å². The third-order valence-corrected chi connectivity index (χ3v) is 7.35. The van der Waals surface area contributed by atoms with Crippen LogP contribution < -0.4 is 11.1 Å². The van der Waals surface area contributed by atoms with Crippen molar-refractivity contribution < 1.29 is 53.1 Å². The molecule has 5 N–H and O–H groups in total. The van der Waals surface area contributed by atoms with Crippen molar-refractivity contribution in [3.8, 4) is 11.1 Å². The van der Waals surface area contributed by atoms with Crippen LogP contribution in [0.1, 0.15) is 37.8 Å². The zero-order chi connectivity index (χ0) is 30.8. The highest BCUT2D eigenvalue weighted by atomic mass is 16.7. The highest BCUT2D eigenvalue weighted by molar-refractivity contribution is 5.88. The molecule has 2 aliphatic rings. The van der Waals surface area contributed by atoms with Crippen molar-refractivity contribution in [1.82, 2.24) is 5.32 Å². The monoisotopic (exact) mass is 586 g/mol. The predicted octanol–water partition coefficient (Wildman–Crippen LogP) is 0.0897. The minimum absolute atomic E-state index is 0.442. The molecule has 0 radical (unpaired) electrons. The summed E-state index contributed by atoms with van der Waals surface area (Å²) in [6, 6.07) is 13.0. The largest absolute Gasteiger partial charge is 0.467 e. The first-order chi connectivity index (χ1) is 19.9. The van der Waals surface area contributed by atoms with E-state index in [-0.39, 0.29) is 0 Å². The summed E-state index contributed by atoms with van der Waals surface area (Å²) in [5, 5.41) is 26.0. The molecule has 2 aromatic rings. The Balaban J connectivity index is 1.75. The summed E-state index contributed by atoms with van der Waals surface area (Å²) in [7, 11) is 1.10. The quantitative estimate of drug-likeness (QED) is 0.176. The Bertz CT molecular complexity index is 1300. The number of aliphatic hydroxyl groups excluding tert-OH is 1. The zero-order valence-electron chi connectivity index (χ0n) is 23.5. The summed E-state index contributed by atoms with van der Waals surface area (Å²) in [5.74, 6) is -4.33. The molecule has 1 heterocycles. The third-order valence-electron chi connectivity index (χ3n) is 7.35. The Kier molecular flexibility index (Phi) is 9.28. The van der Waals surface area contributed by atoms with E-state index in [0.717, 1.165) is 39.0 Å². The second-order valence-corrected chi connectivity index (χ2v) is 10.1. The topological polar surface area (TPSA) is 193 Å². The van der Waals surface area contributed by atoms with Gasteiger partial charge in [0, 0.05) is 20.8 Å². The SMILES string of the molecule is COC(=O)C(O)(C(N)N[C@H]1[C@@H](OC(C)=O)[C@@H](OC(C)=O)[C@@H](COC(C)=O)O[C@@H]1O)C1c2ccccc2-c2ccccc21. The number of hydrogen-bond donors (Lipinski definition) is 4. The molecule has 226 valence electrons. The highest BCUT2D eigenvalue weighted by Gasteiger charge is 2.57. The molecule has 13 heteroatoms. The van der Waals surface area contributed by atoms with Gasteiger partial charge in [0.1, 0.15) is 18.8 Å². The lowest BCUT2D eigenvalue weighted by molar-refractivity contribution is -0.267. The lowest BCUT2D eigenvalue weighted by atomic mass is 9.77. The summed E-state index contributed by atoms with van der Waals surface area (Å²) in [4.78, 5) is 49.0. The third kappa shape index (κ3) is 5.87. The number of benzene rings is 2. The van der Waals surface area contributed by atoms with Gasteiger partial charge in [-0.1, -0.05) is 48.5 Å². The van der Waals surface area contributed by atoms with E-state index in [4.69, 9.17) is 29.4 Å². The molecule has 0 spiro atoms. The van der Waals surface area contributed by atoms with Gasteiger partial charge in [0.15, 0.2) is 18.5 Å². The van der Waals surface area contributed by atoms with Crippen LogP contribution in [0.2, 0.25) is 0 Å². The molecule has 1 saturated heterocycles. The van der Waals surface area contributed by atoms with E-state index in [2.05, 4.69) is 5.32 Å². The van der Waals surface area contributed by atoms with Crippen LogP contribution in [0, 0.1) is 0 Å². The molecule has 0 amide bonds. The van der Waals surface area contributed by atoms with Gasteiger partial charge in [-0.05, 0) is 22.3 Å². The number of rotatable bonds is 9. The molecular formula is C29H34N2O11. The molecule has 7 atom stereocenters. The second kappa shape index (κ2) is 12.5. The van der Waals surface area contributed by atoms with Gasteiger partial charge >= 0.3 is 23.9 Å². The van der Waals surface area contributed by atoms with Crippen LogP contribution in [0.15, 0.2) is 48.5 Å². The number of nitrogens with one attached hydrogen (secondary N) is 1. The van der Waals surface area contributed by atoms with Gasteiger partial charge in [-0.25, -0.2) is 4.79 Å². The maximum Gasteiger partial charge on any atom is 0.341 e. The summed E-state index contributed by atoms with van der Waals surface area (Å²) in [6.45, 7) is 2.92. The summed E-state index contributed by atoms with van der Waals surface area (Å²) < 4.78 is 26.5. The number of carbonyl (C=O) groups excluding carboxylic acids is 4. The number of hydrogen-bond acceptors (Lipinski definition) is 13. The molecule has 13 nitrogen and oxygen atoms in total. The maximum atomic E-state index is 13.4. The standard InChI is InChI=1S/C29H34N2O11/c1-14(32)39-13-21-24(40-15(2)33)25(41-16(3)34)23(26(35)42-21)31-27(30)29(37,28(36)38-4)22-19-11-7-5-9-17(19)18-10-6-8-12-20(18)22/h5-12,21-27,31,35,37H,13,30H2,1-4H3/t21-,23+,24+,25-,26+,27?,29?/m1/s1. The van der Waals surface area contributed by atoms with E-state index in [1.807, 2.05) is 24.3 Å². The molecule has 1 fully saturated rings. The van der Waals surface area contributed by atoms with E-state index >= 15 is 0 Å². The van der Waals surface area contributed by atoms with Crippen molar-refractivity contribution in [3.05, 3.63) is 59.7 Å². The van der Waals surface area contributed by atoms with Crippen LogP contribution in [0.25, 0.3) is 11.1 Å². The van der Waals surface area contributed by atoms with Crippen molar-refractivity contribution >= 4 is 23.9 Å². The van der Waals surface area contributed by atoms with Crippen molar-refractivity contribution in [2.75, 3.05) is 13.7 Å². The van der Waals surface area contributed by atoms with Crippen molar-refractivity contribution in [2.24, 2.45) is 5.73 Å². The number of nitrogens with two attached hydrogens (primary N) is 1. The van der Waals surface area contributed by atoms with E-state index in [1.165, 1.54) is 0 Å². The fourth-order valence-electron chi connectivity index (χ4n) is 5.65. The Morgan fingerprint density at radius 1 is 0.929 bits per heavy atom. The van der Waals surface area contributed by atoms with Gasteiger partial charge in [-0.3, -0.25) is 19.7 Å². The van der Waals surface area contributed by atoms with Crippen LogP contribution in [0.5, 0.6) is 0 Å². The minimum atomic E-state index is -2.47. The fourth-order valence-corrected chi connectivity index (χ4v) is 5.65. The van der Waals surface area contributed by atoms with Gasteiger partial charge < -0.3 is 39.6 Å². The molecule has 2 aromatic carbocycles. The molecule has 42 heavy (non-hydrogen) atoms. The maximum absolute atomic E-state index is 13.4. The van der Waals surface area contributed by atoms with Gasteiger partial charge in [0.05, 0.1) is 19.2 Å². The molecule has 0 saturated carbocycles. The number of ether oxygens (including phenoxy) is 5. The minimum Gasteiger partial charge on any atom is -0.467 e. The normalized spacial score (nSPS) is 25.3. The average molecular weight is 587 g/mol. The first-order valence-electron chi connectivity index (χ1n) is 13.2. The van der Waals surface area contributed by atoms with E-state index in [0.29, 0.717) is 11.1 Å². The summed E-state index contributed by atoms with van der Waals surface area (Å²) >= 11 is 0. The predicted molar refractivity (Wildman–Crippen MR) is 144 cm³/mol. The molecule has 1 aliphatic carbocycles. The molecule has 1 aliphatic heterocycles. The Hall–Kier alpha value is -3.88. The van der Waals surface area contributed by atoms with Crippen molar-refractivity contribution in [1.29, 1.82) is 0 Å². The molecule has 0 bridgehead atoms. The van der Waals surface area contributed by atoms with E-state index in [1.54, 1.807) is 24.3 Å². The average Bonchev–Trinajstić information content (AvgIpc) is 3.28. The number of aliphatic hydroxyl groups is 2. The molecule has 2 unspecified atom stereocenters. The van der Waals surface area contributed by atoms with Crippen LogP contribution in [0.4, 0.5) is 0 Å². The second-order valence-electron chi connectivity index (χ2n) is 10.1. The van der Waals surface area contributed by atoms with Gasteiger partial charge in [0.25, 0.3) is 0 Å². The Labute approximate surface area is 241 Å². The van der Waals surface area contributed by atoms with Crippen LogP contribution in [-0.4, -0.2) is 90.2 Å². The van der Waals surface area contributed by atoms with E-state index in [9.17, 15) is 29.4 Å². The molecular weight excluding hydrogens is 552 g/mol. The number of methoxy groups -OCH3 is 1. The Morgan fingerprint density at radius 3 is 1.95 bits per heavy atom. The Morgan fingerprint density at radius 2 is 1.45 bits per heavy atom. The number of esters is 4. The zero-order valence-corrected chi connectivity index (χ0v) is 23.5. The van der Waals surface area contributed by atoms with E-state index < -0.39 is 78.8 Å². The van der Waals surface area contributed by atoms with Gasteiger partial charge in [-0.15, -0.1) is 0 Å². The summed E-state index contributed by atoms with van der Waals surface area (Å²) in [6.07, 6.45) is -7.53. The highest BCUT2D eigenvalue weighted by Crippen LogP contribution is 2.50. The van der Waals surface area contributed by atoms with Crippen molar-refractivity contribution in [3.63, 3.8) is 0 Å². The smallest absolute Gasteiger partial charge is 0.341 e. The van der Waals surface area contributed by atoms with Crippen LogP contribution in [0.3, 0.4) is 0 Å². The number of fused-ring (bicyclic) bond motifs is 3. The number of carbonyl (C=O) groups is 4. The first-order valence-corrected chi connectivity index (χ1v) is 13.2. The van der Waals surface area contributed by atoms with Gasteiger partial charge in [0.2, 0.25) is 5.60 Å². The first kappa shape index (κ1) is 31.1. The van der Waals surface area contributed by atoms with Crippen LogP contribution in [-0.2, 0) is 42.9 Å².